The highest BCUT2D eigenvalue weighted by Crippen LogP contribution is 2.50. The van der Waals surface area contributed by atoms with E-state index in [1.807, 2.05) is 0 Å². The molecule has 0 spiro atoms. The van der Waals surface area contributed by atoms with E-state index in [2.05, 4.69) is 5.32 Å². The summed E-state index contributed by atoms with van der Waals surface area (Å²) in [5, 5.41) is 4.24. The summed E-state index contributed by atoms with van der Waals surface area (Å²) in [7, 11) is 0. The SMILES string of the molecule is Clc1c2c(c(C3CCNCC3)c3c1OCC3)OCC2. The molecule has 0 atom stereocenters. The maximum Gasteiger partial charge on any atom is 0.142 e. The van der Waals surface area contributed by atoms with E-state index in [-0.39, 0.29) is 0 Å². The van der Waals surface area contributed by atoms with Crippen LogP contribution in [-0.4, -0.2) is 26.3 Å². The lowest BCUT2D eigenvalue weighted by atomic mass is 9.84. The lowest BCUT2D eigenvalue weighted by molar-refractivity contribution is 0.345. The highest BCUT2D eigenvalue weighted by molar-refractivity contribution is 6.33. The summed E-state index contributed by atoms with van der Waals surface area (Å²) in [6.45, 7) is 3.71. The van der Waals surface area contributed by atoms with Gasteiger partial charge in [-0.1, -0.05) is 11.6 Å². The summed E-state index contributed by atoms with van der Waals surface area (Å²) in [5.74, 6) is 2.63. The molecule has 102 valence electrons. The lowest BCUT2D eigenvalue weighted by Crippen LogP contribution is -2.27. The zero-order valence-electron chi connectivity index (χ0n) is 10.9. The van der Waals surface area contributed by atoms with E-state index >= 15 is 0 Å². The van der Waals surface area contributed by atoms with Crippen LogP contribution in [0.4, 0.5) is 0 Å². The van der Waals surface area contributed by atoms with Crippen LogP contribution in [0.15, 0.2) is 0 Å². The van der Waals surface area contributed by atoms with Gasteiger partial charge in [0.2, 0.25) is 0 Å². The maximum absolute atomic E-state index is 6.49. The van der Waals surface area contributed by atoms with Gasteiger partial charge in [0, 0.05) is 29.5 Å². The van der Waals surface area contributed by atoms with Crippen LogP contribution in [0.2, 0.25) is 5.02 Å². The molecule has 4 rings (SSSR count). The molecule has 0 aromatic heterocycles. The predicted octanol–water partition coefficient (Wildman–Crippen LogP) is 2.68. The van der Waals surface area contributed by atoms with Crippen molar-refractivity contribution in [3.63, 3.8) is 0 Å². The van der Waals surface area contributed by atoms with Gasteiger partial charge in [-0.3, -0.25) is 0 Å². The molecule has 3 heterocycles. The molecular formula is C15H18ClNO2. The molecule has 4 heteroatoms. The number of halogens is 1. The molecule has 0 amide bonds. The van der Waals surface area contributed by atoms with E-state index in [0.717, 1.165) is 55.7 Å². The molecule has 1 aromatic rings. The number of hydrogen-bond donors (Lipinski definition) is 1. The Hall–Kier alpha value is -0.930. The summed E-state index contributed by atoms with van der Waals surface area (Å²) < 4.78 is 11.7. The van der Waals surface area contributed by atoms with Crippen LogP contribution in [0.25, 0.3) is 0 Å². The highest BCUT2D eigenvalue weighted by atomic mass is 35.5. The number of fused-ring (bicyclic) bond motifs is 2. The minimum atomic E-state index is 0.598. The third kappa shape index (κ3) is 1.75. The minimum absolute atomic E-state index is 0.598. The standard InChI is InChI=1S/C15H18ClNO2/c16-13-11-4-8-18-14(11)12(9-1-5-17-6-2-9)10-3-7-19-15(10)13/h9,17H,1-8H2. The Bertz CT molecular complexity index is 488. The van der Waals surface area contributed by atoms with Gasteiger partial charge in [-0.25, -0.2) is 0 Å². The van der Waals surface area contributed by atoms with Crippen molar-refractivity contribution in [2.75, 3.05) is 26.3 Å². The van der Waals surface area contributed by atoms with Gasteiger partial charge in [0.15, 0.2) is 0 Å². The first-order valence-corrected chi connectivity index (χ1v) is 7.57. The van der Waals surface area contributed by atoms with Gasteiger partial charge in [0.25, 0.3) is 0 Å². The average molecular weight is 280 g/mol. The van der Waals surface area contributed by atoms with Crippen LogP contribution >= 0.6 is 11.6 Å². The minimum Gasteiger partial charge on any atom is -0.493 e. The first-order valence-electron chi connectivity index (χ1n) is 7.19. The quantitative estimate of drug-likeness (QED) is 0.857. The zero-order valence-corrected chi connectivity index (χ0v) is 11.7. The number of piperidine rings is 1. The molecule has 0 aliphatic carbocycles. The number of ether oxygens (including phenoxy) is 2. The number of nitrogens with one attached hydrogen (secondary N) is 1. The number of benzene rings is 1. The van der Waals surface area contributed by atoms with Crippen molar-refractivity contribution in [3.8, 4) is 11.5 Å². The fourth-order valence-electron chi connectivity index (χ4n) is 3.63. The Morgan fingerprint density at radius 3 is 2.42 bits per heavy atom. The second kappa shape index (κ2) is 4.57. The fraction of sp³-hybridized carbons (Fsp3) is 0.600. The highest BCUT2D eigenvalue weighted by Gasteiger charge is 2.34. The molecule has 0 unspecified atom stereocenters. The van der Waals surface area contributed by atoms with Crippen molar-refractivity contribution in [3.05, 3.63) is 21.7 Å². The summed E-state index contributed by atoms with van der Waals surface area (Å²) >= 11 is 6.49. The first-order chi connectivity index (χ1) is 9.36. The van der Waals surface area contributed by atoms with Crippen LogP contribution in [0.1, 0.15) is 35.4 Å². The first kappa shape index (κ1) is 11.9. The van der Waals surface area contributed by atoms with E-state index in [1.165, 1.54) is 29.5 Å². The van der Waals surface area contributed by atoms with Gasteiger partial charge in [-0.15, -0.1) is 0 Å². The topological polar surface area (TPSA) is 30.5 Å². The number of hydrogen-bond acceptors (Lipinski definition) is 3. The fourth-order valence-corrected chi connectivity index (χ4v) is 3.98. The molecule has 0 radical (unpaired) electrons. The summed E-state index contributed by atoms with van der Waals surface area (Å²) in [4.78, 5) is 0. The molecule has 19 heavy (non-hydrogen) atoms. The van der Waals surface area contributed by atoms with E-state index in [0.29, 0.717) is 5.92 Å². The molecule has 0 saturated carbocycles. The molecule has 3 nitrogen and oxygen atoms in total. The lowest BCUT2D eigenvalue weighted by Gasteiger charge is -2.26. The maximum atomic E-state index is 6.49. The smallest absolute Gasteiger partial charge is 0.142 e. The average Bonchev–Trinajstić information content (AvgIpc) is 3.09. The Labute approximate surface area is 118 Å². The Morgan fingerprint density at radius 2 is 1.63 bits per heavy atom. The largest absolute Gasteiger partial charge is 0.493 e. The van der Waals surface area contributed by atoms with Gasteiger partial charge in [0.05, 0.1) is 18.2 Å². The second-order valence-corrected chi connectivity index (χ2v) is 5.94. The van der Waals surface area contributed by atoms with Crippen molar-refractivity contribution in [2.24, 2.45) is 0 Å². The molecule has 1 N–H and O–H groups in total. The van der Waals surface area contributed by atoms with Crippen LogP contribution < -0.4 is 14.8 Å². The molecule has 0 bridgehead atoms. The van der Waals surface area contributed by atoms with Gasteiger partial charge in [0.1, 0.15) is 11.5 Å². The van der Waals surface area contributed by atoms with Gasteiger partial charge in [-0.2, -0.15) is 0 Å². The molecule has 1 aromatic carbocycles. The van der Waals surface area contributed by atoms with Crippen molar-refractivity contribution >= 4 is 11.6 Å². The van der Waals surface area contributed by atoms with E-state index in [9.17, 15) is 0 Å². The monoisotopic (exact) mass is 279 g/mol. The molecule has 3 aliphatic rings. The van der Waals surface area contributed by atoms with Crippen LogP contribution in [0.3, 0.4) is 0 Å². The van der Waals surface area contributed by atoms with Crippen molar-refractivity contribution in [1.29, 1.82) is 0 Å². The van der Waals surface area contributed by atoms with Crippen molar-refractivity contribution in [1.82, 2.24) is 5.32 Å². The molecule has 3 aliphatic heterocycles. The second-order valence-electron chi connectivity index (χ2n) is 5.56. The molecular weight excluding hydrogens is 262 g/mol. The Balaban J connectivity index is 1.89. The predicted molar refractivity (Wildman–Crippen MR) is 74.7 cm³/mol. The summed E-state index contributed by atoms with van der Waals surface area (Å²) in [5.41, 5.74) is 3.90. The Kier molecular flexibility index (Phi) is 2.85. The summed E-state index contributed by atoms with van der Waals surface area (Å²) in [6, 6.07) is 0. The van der Waals surface area contributed by atoms with Gasteiger partial charge < -0.3 is 14.8 Å². The summed E-state index contributed by atoms with van der Waals surface area (Å²) in [6.07, 6.45) is 4.27. The third-order valence-electron chi connectivity index (χ3n) is 4.53. The van der Waals surface area contributed by atoms with Crippen molar-refractivity contribution < 1.29 is 9.47 Å². The van der Waals surface area contributed by atoms with Crippen LogP contribution in [0.5, 0.6) is 11.5 Å². The molecule has 1 saturated heterocycles. The zero-order chi connectivity index (χ0) is 12.8. The van der Waals surface area contributed by atoms with E-state index < -0.39 is 0 Å². The van der Waals surface area contributed by atoms with Gasteiger partial charge in [-0.05, 0) is 31.8 Å². The van der Waals surface area contributed by atoms with Gasteiger partial charge >= 0.3 is 0 Å². The van der Waals surface area contributed by atoms with Crippen LogP contribution in [-0.2, 0) is 12.8 Å². The van der Waals surface area contributed by atoms with Crippen LogP contribution in [0, 0.1) is 0 Å². The number of rotatable bonds is 1. The normalized spacial score (nSPS) is 21.7. The Morgan fingerprint density at radius 1 is 0.947 bits per heavy atom. The third-order valence-corrected chi connectivity index (χ3v) is 4.93. The van der Waals surface area contributed by atoms with E-state index in [4.69, 9.17) is 21.1 Å². The van der Waals surface area contributed by atoms with Crippen molar-refractivity contribution in [2.45, 2.75) is 31.6 Å². The molecule has 1 fully saturated rings. The van der Waals surface area contributed by atoms with E-state index in [1.54, 1.807) is 0 Å².